The van der Waals surface area contributed by atoms with Gasteiger partial charge in [0, 0.05) is 40.8 Å². The van der Waals surface area contributed by atoms with Crippen molar-refractivity contribution in [3.8, 4) is 16.9 Å². The summed E-state index contributed by atoms with van der Waals surface area (Å²) < 4.78 is 16.0. The largest absolute Gasteiger partial charge is 0.496 e. The number of para-hydroxylation sites is 1. The van der Waals surface area contributed by atoms with Gasteiger partial charge in [0.05, 0.1) is 18.8 Å². The van der Waals surface area contributed by atoms with Crippen molar-refractivity contribution in [3.05, 3.63) is 71.9 Å². The number of nitrogens with zero attached hydrogens (tertiary/aromatic N) is 4. The molecular formula is C28H27N5O4S. The van der Waals surface area contributed by atoms with Gasteiger partial charge in [0.15, 0.2) is 0 Å². The van der Waals surface area contributed by atoms with Crippen molar-refractivity contribution in [2.75, 3.05) is 18.6 Å². The van der Waals surface area contributed by atoms with Crippen LogP contribution in [0.5, 0.6) is 5.75 Å². The maximum absolute atomic E-state index is 12.8. The molecule has 0 aliphatic carbocycles. The molecule has 2 amide bonds. The molecule has 3 N–H and O–H groups in total. The fourth-order valence-corrected chi connectivity index (χ4v) is 5.33. The molecular weight excluding hydrogens is 502 g/mol. The number of amides is 2. The summed E-state index contributed by atoms with van der Waals surface area (Å²) in [5, 5.41) is 11.2. The Kier molecular flexibility index (Phi) is 6.97. The van der Waals surface area contributed by atoms with Crippen LogP contribution < -0.4 is 15.4 Å². The maximum Gasteiger partial charge on any atom is 0.353 e. The standard InChI is InChI=1S/C28H27N5O4S/c1-3-4-13-32(28(29)36)18-10-12-23-20(15-18)25(19-7-5-6-8-24(19)37-2)26(27(34)35)33(23)16-17-9-11-21-22(14-17)31-38-30-21/h5-12,14-15H,3-4,13,16H2,1-2H3,(H2,29,36)(H,34,35). The number of primary amides is 1. The van der Waals surface area contributed by atoms with E-state index in [1.165, 1.54) is 4.90 Å². The fourth-order valence-electron chi connectivity index (χ4n) is 4.81. The molecule has 0 radical (unpaired) electrons. The molecule has 5 aromatic rings. The number of carbonyl (C=O) groups is 2. The summed E-state index contributed by atoms with van der Waals surface area (Å²) in [6.45, 7) is 2.81. The Morgan fingerprint density at radius 2 is 1.87 bits per heavy atom. The molecule has 0 saturated heterocycles. The number of anilines is 1. The van der Waals surface area contributed by atoms with Gasteiger partial charge in [0.25, 0.3) is 0 Å². The molecule has 0 atom stereocenters. The van der Waals surface area contributed by atoms with Gasteiger partial charge < -0.3 is 20.1 Å². The van der Waals surface area contributed by atoms with Crippen molar-refractivity contribution in [2.24, 2.45) is 5.73 Å². The molecule has 3 aromatic carbocycles. The number of hydrogen-bond acceptors (Lipinski definition) is 6. The second kappa shape index (κ2) is 10.5. The number of benzene rings is 3. The van der Waals surface area contributed by atoms with E-state index in [4.69, 9.17) is 10.5 Å². The number of ether oxygens (including phenoxy) is 1. The molecule has 0 unspecified atom stereocenters. The van der Waals surface area contributed by atoms with Gasteiger partial charge in [0.1, 0.15) is 22.5 Å². The lowest BCUT2D eigenvalue weighted by Gasteiger charge is -2.20. The molecule has 0 aliphatic rings. The first-order chi connectivity index (χ1) is 18.4. The maximum atomic E-state index is 12.8. The van der Waals surface area contributed by atoms with Crippen molar-refractivity contribution >= 4 is 51.4 Å². The van der Waals surface area contributed by atoms with E-state index in [0.717, 1.165) is 41.2 Å². The van der Waals surface area contributed by atoms with E-state index < -0.39 is 12.0 Å². The highest BCUT2D eigenvalue weighted by Gasteiger charge is 2.27. The first-order valence-corrected chi connectivity index (χ1v) is 13.0. The molecule has 0 spiro atoms. The van der Waals surface area contributed by atoms with Crippen molar-refractivity contribution in [3.63, 3.8) is 0 Å². The van der Waals surface area contributed by atoms with Crippen LogP contribution in [0, 0.1) is 0 Å². The van der Waals surface area contributed by atoms with Crippen LogP contribution in [0.4, 0.5) is 10.5 Å². The number of rotatable bonds is 9. The number of urea groups is 1. The topological polar surface area (TPSA) is 124 Å². The van der Waals surface area contributed by atoms with E-state index in [0.29, 0.717) is 46.6 Å². The number of carbonyl (C=O) groups excluding carboxylic acids is 1. The van der Waals surface area contributed by atoms with Crippen molar-refractivity contribution in [1.82, 2.24) is 13.3 Å². The van der Waals surface area contributed by atoms with Gasteiger partial charge in [-0.15, -0.1) is 0 Å². The molecule has 2 aromatic heterocycles. The van der Waals surface area contributed by atoms with E-state index in [1.807, 2.05) is 61.5 Å². The summed E-state index contributed by atoms with van der Waals surface area (Å²) in [5.41, 5.74) is 10.8. The number of methoxy groups -OCH3 is 1. The minimum atomic E-state index is -1.07. The Labute approximate surface area is 223 Å². The first kappa shape index (κ1) is 25.2. The number of aromatic nitrogens is 3. The van der Waals surface area contributed by atoms with Gasteiger partial charge in [-0.05, 0) is 48.4 Å². The van der Waals surface area contributed by atoms with Gasteiger partial charge >= 0.3 is 12.0 Å². The first-order valence-electron chi connectivity index (χ1n) is 12.2. The molecule has 2 heterocycles. The third kappa shape index (κ3) is 4.54. The lowest BCUT2D eigenvalue weighted by atomic mass is 10.00. The van der Waals surface area contributed by atoms with Gasteiger partial charge in [-0.1, -0.05) is 37.6 Å². The quantitative estimate of drug-likeness (QED) is 0.250. The zero-order chi connectivity index (χ0) is 26.8. The molecule has 0 fully saturated rings. The zero-order valence-electron chi connectivity index (χ0n) is 21.0. The number of carboxylic acids is 1. The predicted molar refractivity (Wildman–Crippen MR) is 149 cm³/mol. The Balaban J connectivity index is 1.78. The van der Waals surface area contributed by atoms with Crippen molar-refractivity contribution in [2.45, 2.75) is 26.3 Å². The lowest BCUT2D eigenvalue weighted by molar-refractivity contribution is 0.0687. The van der Waals surface area contributed by atoms with Gasteiger partial charge in [0.2, 0.25) is 0 Å². The lowest BCUT2D eigenvalue weighted by Crippen LogP contribution is -2.36. The monoisotopic (exact) mass is 529 g/mol. The molecule has 0 aliphatic heterocycles. The molecule has 0 bridgehead atoms. The molecule has 10 heteroatoms. The average Bonchev–Trinajstić information content (AvgIpc) is 3.51. The number of fused-ring (bicyclic) bond motifs is 2. The molecule has 38 heavy (non-hydrogen) atoms. The highest BCUT2D eigenvalue weighted by Crippen LogP contribution is 2.41. The van der Waals surface area contributed by atoms with Gasteiger partial charge in [-0.2, -0.15) is 8.75 Å². The van der Waals surface area contributed by atoms with Crippen LogP contribution in [-0.2, 0) is 6.54 Å². The summed E-state index contributed by atoms with van der Waals surface area (Å²) in [6.07, 6.45) is 1.69. The predicted octanol–water partition coefficient (Wildman–Crippen LogP) is 5.75. The summed E-state index contributed by atoms with van der Waals surface area (Å²) in [7, 11) is 1.56. The SMILES string of the molecule is CCCCN(C(N)=O)c1ccc2c(c1)c(-c1ccccc1OC)c(C(=O)O)n2Cc1ccc2nsnc2c1. The number of unbranched alkanes of at least 4 members (excludes halogenated alkanes) is 1. The number of nitrogens with two attached hydrogens (primary N) is 1. The van der Waals surface area contributed by atoms with Crippen LogP contribution in [0.3, 0.4) is 0 Å². The van der Waals surface area contributed by atoms with Crippen LogP contribution in [0.25, 0.3) is 33.1 Å². The van der Waals surface area contributed by atoms with Gasteiger partial charge in [-0.3, -0.25) is 4.90 Å². The van der Waals surface area contributed by atoms with Crippen LogP contribution >= 0.6 is 11.7 Å². The van der Waals surface area contributed by atoms with Crippen molar-refractivity contribution in [1.29, 1.82) is 0 Å². The summed E-state index contributed by atoms with van der Waals surface area (Å²) >= 11 is 1.14. The van der Waals surface area contributed by atoms with E-state index >= 15 is 0 Å². The van der Waals surface area contributed by atoms with Crippen LogP contribution in [0.1, 0.15) is 35.8 Å². The second-order valence-electron chi connectivity index (χ2n) is 8.95. The minimum absolute atomic E-state index is 0.123. The zero-order valence-corrected chi connectivity index (χ0v) is 21.9. The third-order valence-electron chi connectivity index (χ3n) is 6.60. The number of carboxylic acid groups (broad SMARTS) is 1. The minimum Gasteiger partial charge on any atom is -0.496 e. The van der Waals surface area contributed by atoms with E-state index in [2.05, 4.69) is 8.75 Å². The van der Waals surface area contributed by atoms with E-state index in [-0.39, 0.29) is 5.69 Å². The highest BCUT2D eigenvalue weighted by atomic mass is 32.1. The Morgan fingerprint density at radius 1 is 1.08 bits per heavy atom. The normalized spacial score (nSPS) is 11.2. The molecule has 9 nitrogen and oxygen atoms in total. The summed E-state index contributed by atoms with van der Waals surface area (Å²) in [6, 6.07) is 18.0. The average molecular weight is 530 g/mol. The third-order valence-corrected chi connectivity index (χ3v) is 7.15. The van der Waals surface area contributed by atoms with Crippen molar-refractivity contribution < 1.29 is 19.4 Å². The smallest absolute Gasteiger partial charge is 0.353 e. The van der Waals surface area contributed by atoms with Crippen LogP contribution in [0.2, 0.25) is 0 Å². The fraction of sp³-hybridized carbons (Fsp3) is 0.214. The molecule has 194 valence electrons. The van der Waals surface area contributed by atoms with Crippen LogP contribution in [0.15, 0.2) is 60.7 Å². The Hall–Kier alpha value is -4.44. The summed E-state index contributed by atoms with van der Waals surface area (Å²) in [4.78, 5) is 26.7. The Morgan fingerprint density at radius 3 is 2.61 bits per heavy atom. The number of hydrogen-bond donors (Lipinski definition) is 2. The van der Waals surface area contributed by atoms with Crippen LogP contribution in [-0.4, -0.2) is 44.1 Å². The van der Waals surface area contributed by atoms with Gasteiger partial charge in [-0.25, -0.2) is 9.59 Å². The van der Waals surface area contributed by atoms with E-state index in [1.54, 1.807) is 17.7 Å². The van der Waals surface area contributed by atoms with E-state index in [9.17, 15) is 14.7 Å². The highest BCUT2D eigenvalue weighted by molar-refractivity contribution is 7.00. The number of aromatic carboxylic acids is 1. The summed E-state index contributed by atoms with van der Waals surface area (Å²) in [5.74, 6) is -0.523. The second-order valence-corrected chi connectivity index (χ2v) is 9.48. The molecule has 0 saturated carbocycles. The molecule has 5 rings (SSSR count). The Bertz CT molecular complexity index is 1660.